The lowest BCUT2D eigenvalue weighted by Crippen LogP contribution is -2.18. The molecule has 0 saturated carbocycles. The molecule has 1 heterocycles. The van der Waals surface area contributed by atoms with Crippen LogP contribution in [0, 0.1) is 0 Å². The molecule has 0 aromatic carbocycles. The van der Waals surface area contributed by atoms with Crippen molar-refractivity contribution < 1.29 is 9.53 Å². The Morgan fingerprint density at radius 3 is 2.81 bits per heavy atom. The molecular weight excluding hydrogens is 230 g/mol. The van der Waals surface area contributed by atoms with Gasteiger partial charge < -0.3 is 15.0 Å². The van der Waals surface area contributed by atoms with Gasteiger partial charge >= 0.3 is 0 Å². The quantitative estimate of drug-likeness (QED) is 0.811. The summed E-state index contributed by atoms with van der Waals surface area (Å²) < 4.78 is 5.09. The molecule has 88 valence electrons. The minimum atomic E-state index is -0.295. The van der Waals surface area contributed by atoms with E-state index in [2.05, 4.69) is 10.3 Å². The number of rotatable bonds is 4. The minimum Gasteiger partial charge on any atom is -0.479 e. The summed E-state index contributed by atoms with van der Waals surface area (Å²) in [5.41, 5.74) is 1.34. The zero-order valence-corrected chi connectivity index (χ0v) is 10.2. The predicted molar refractivity (Wildman–Crippen MR) is 64.5 cm³/mol. The van der Waals surface area contributed by atoms with Gasteiger partial charge in [0.15, 0.2) is 0 Å². The van der Waals surface area contributed by atoms with Crippen LogP contribution in [0.25, 0.3) is 0 Å². The monoisotopic (exact) mass is 243 g/mol. The fourth-order valence-corrected chi connectivity index (χ4v) is 1.32. The Bertz CT molecular complexity index is 382. The highest BCUT2D eigenvalue weighted by Crippen LogP contribution is 2.31. The first-order valence-electron chi connectivity index (χ1n) is 4.66. The molecule has 0 aliphatic carbocycles. The molecule has 6 heteroatoms. The summed E-state index contributed by atoms with van der Waals surface area (Å²) in [5.74, 6) is -0.0361. The predicted octanol–water partition coefficient (Wildman–Crippen LogP) is 1.33. The first kappa shape index (κ1) is 12.6. The number of nitrogens with one attached hydrogen (secondary N) is 1. The van der Waals surface area contributed by atoms with E-state index in [4.69, 9.17) is 16.3 Å². The van der Waals surface area contributed by atoms with Crippen LogP contribution in [0.15, 0.2) is 12.3 Å². The Kier molecular flexibility index (Phi) is 4.37. The molecule has 1 aromatic heterocycles. The van der Waals surface area contributed by atoms with Crippen LogP contribution < -0.4 is 15.0 Å². The molecule has 0 aliphatic rings. The van der Waals surface area contributed by atoms with Gasteiger partial charge in [-0.15, -0.1) is 11.6 Å². The third kappa shape index (κ3) is 2.76. The number of alkyl halides is 1. The highest BCUT2D eigenvalue weighted by Gasteiger charge is 2.14. The highest BCUT2D eigenvalue weighted by atomic mass is 35.5. The van der Waals surface area contributed by atoms with Gasteiger partial charge in [-0.1, -0.05) is 0 Å². The minimum absolute atomic E-state index is 0.106. The number of halogens is 1. The van der Waals surface area contributed by atoms with Crippen LogP contribution in [0.3, 0.4) is 0 Å². The van der Waals surface area contributed by atoms with Gasteiger partial charge in [-0.25, -0.2) is 4.98 Å². The SMILES string of the molecule is COc1nccc(N(C)C)c1NC(=O)CCl. The van der Waals surface area contributed by atoms with E-state index in [-0.39, 0.29) is 11.8 Å². The van der Waals surface area contributed by atoms with E-state index in [0.717, 1.165) is 5.69 Å². The van der Waals surface area contributed by atoms with Crippen molar-refractivity contribution in [1.82, 2.24) is 4.98 Å². The van der Waals surface area contributed by atoms with E-state index in [1.165, 1.54) is 7.11 Å². The molecule has 16 heavy (non-hydrogen) atoms. The smallest absolute Gasteiger partial charge is 0.239 e. The molecule has 1 amide bonds. The van der Waals surface area contributed by atoms with E-state index in [9.17, 15) is 4.79 Å². The molecule has 5 nitrogen and oxygen atoms in total. The van der Waals surface area contributed by atoms with Gasteiger partial charge in [0.25, 0.3) is 0 Å². The molecule has 0 unspecified atom stereocenters. The number of amides is 1. The molecule has 0 aliphatic heterocycles. The molecule has 1 N–H and O–H groups in total. The van der Waals surface area contributed by atoms with Crippen LogP contribution in [0.4, 0.5) is 11.4 Å². The Balaban J connectivity index is 3.14. The maximum absolute atomic E-state index is 11.3. The number of pyridine rings is 1. The lowest BCUT2D eigenvalue weighted by molar-refractivity contribution is -0.113. The average Bonchev–Trinajstić information content (AvgIpc) is 2.28. The van der Waals surface area contributed by atoms with Crippen LogP contribution in [-0.4, -0.2) is 38.0 Å². The number of methoxy groups -OCH3 is 1. The van der Waals surface area contributed by atoms with Crippen LogP contribution in [0.2, 0.25) is 0 Å². The normalized spacial score (nSPS) is 9.75. The molecule has 0 fully saturated rings. The second-order valence-electron chi connectivity index (χ2n) is 3.29. The summed E-state index contributed by atoms with van der Waals surface area (Å²) in [6, 6.07) is 1.78. The lowest BCUT2D eigenvalue weighted by Gasteiger charge is -2.18. The number of nitrogens with zero attached hydrogens (tertiary/aromatic N) is 2. The average molecular weight is 244 g/mol. The summed E-state index contributed by atoms with van der Waals surface area (Å²) in [6.45, 7) is 0. The maximum atomic E-state index is 11.3. The van der Waals surface area contributed by atoms with Gasteiger partial charge in [0, 0.05) is 20.3 Å². The standard InChI is InChI=1S/C10H14ClN3O2/c1-14(2)7-4-5-12-10(16-3)9(7)13-8(15)6-11/h4-5H,6H2,1-3H3,(H,13,15). The number of aromatic nitrogens is 1. The van der Waals surface area contributed by atoms with E-state index in [1.54, 1.807) is 12.3 Å². The van der Waals surface area contributed by atoms with Crippen molar-refractivity contribution in [3.63, 3.8) is 0 Å². The first-order valence-corrected chi connectivity index (χ1v) is 5.19. The molecule has 0 saturated heterocycles. The van der Waals surface area contributed by atoms with Crippen molar-refractivity contribution in [2.24, 2.45) is 0 Å². The van der Waals surface area contributed by atoms with Crippen molar-refractivity contribution in [3.05, 3.63) is 12.3 Å². The third-order valence-corrected chi connectivity index (χ3v) is 2.20. The van der Waals surface area contributed by atoms with Gasteiger partial charge in [-0.05, 0) is 6.07 Å². The molecular formula is C10H14ClN3O2. The van der Waals surface area contributed by atoms with E-state index >= 15 is 0 Å². The van der Waals surface area contributed by atoms with Crippen molar-refractivity contribution in [3.8, 4) is 5.88 Å². The van der Waals surface area contributed by atoms with Crippen molar-refractivity contribution >= 4 is 28.9 Å². The molecule has 0 radical (unpaired) electrons. The number of ether oxygens (including phenoxy) is 1. The molecule has 0 bridgehead atoms. The van der Waals surface area contributed by atoms with Gasteiger partial charge in [-0.3, -0.25) is 4.79 Å². The molecule has 0 spiro atoms. The fraction of sp³-hybridized carbons (Fsp3) is 0.400. The molecule has 1 aromatic rings. The Morgan fingerprint density at radius 1 is 1.62 bits per heavy atom. The van der Waals surface area contributed by atoms with E-state index in [0.29, 0.717) is 11.6 Å². The number of hydrogen-bond acceptors (Lipinski definition) is 4. The second kappa shape index (κ2) is 5.55. The summed E-state index contributed by atoms with van der Waals surface area (Å²) in [4.78, 5) is 17.2. The third-order valence-electron chi connectivity index (χ3n) is 1.96. The maximum Gasteiger partial charge on any atom is 0.239 e. The van der Waals surface area contributed by atoms with Gasteiger partial charge in [-0.2, -0.15) is 0 Å². The van der Waals surface area contributed by atoms with Crippen LogP contribution >= 0.6 is 11.6 Å². The van der Waals surface area contributed by atoms with Gasteiger partial charge in [0.1, 0.15) is 11.6 Å². The van der Waals surface area contributed by atoms with Crippen molar-refractivity contribution in [2.75, 3.05) is 37.3 Å². The van der Waals surface area contributed by atoms with Crippen molar-refractivity contribution in [2.45, 2.75) is 0 Å². The fourth-order valence-electron chi connectivity index (χ4n) is 1.25. The topological polar surface area (TPSA) is 54.5 Å². The second-order valence-corrected chi connectivity index (χ2v) is 3.56. The summed E-state index contributed by atoms with van der Waals surface area (Å²) in [6.07, 6.45) is 1.62. The van der Waals surface area contributed by atoms with E-state index in [1.807, 2.05) is 19.0 Å². The zero-order valence-electron chi connectivity index (χ0n) is 9.45. The highest BCUT2D eigenvalue weighted by molar-refractivity contribution is 6.29. The van der Waals surface area contributed by atoms with Gasteiger partial charge in [0.2, 0.25) is 11.8 Å². The summed E-state index contributed by atoms with van der Waals surface area (Å²) in [7, 11) is 5.23. The van der Waals surface area contributed by atoms with Crippen LogP contribution in [0.5, 0.6) is 5.88 Å². The largest absolute Gasteiger partial charge is 0.479 e. The summed E-state index contributed by atoms with van der Waals surface area (Å²) in [5, 5.41) is 2.66. The van der Waals surface area contributed by atoms with Gasteiger partial charge in [0.05, 0.1) is 12.8 Å². The Hall–Kier alpha value is -1.49. The number of anilines is 2. The number of carbonyl (C=O) groups is 1. The van der Waals surface area contributed by atoms with Crippen molar-refractivity contribution in [1.29, 1.82) is 0 Å². The Labute approximate surface area is 99.4 Å². The molecule has 0 atom stereocenters. The lowest BCUT2D eigenvalue weighted by atomic mass is 10.3. The zero-order chi connectivity index (χ0) is 12.1. The van der Waals surface area contributed by atoms with Crippen LogP contribution in [0.1, 0.15) is 0 Å². The first-order chi connectivity index (χ1) is 7.60. The Morgan fingerprint density at radius 2 is 2.31 bits per heavy atom. The number of hydrogen-bond donors (Lipinski definition) is 1. The number of carbonyl (C=O) groups excluding carboxylic acids is 1. The summed E-state index contributed by atoms with van der Waals surface area (Å²) >= 11 is 5.44. The van der Waals surface area contributed by atoms with E-state index < -0.39 is 0 Å². The van der Waals surface area contributed by atoms with Crippen LogP contribution in [-0.2, 0) is 4.79 Å². The molecule has 1 rings (SSSR count).